The molecule has 3 aromatic rings. The molecule has 0 spiro atoms. The Labute approximate surface area is 127 Å². The third-order valence-corrected chi connectivity index (χ3v) is 3.51. The lowest BCUT2D eigenvalue weighted by Gasteiger charge is -2.16. The Kier molecular flexibility index (Phi) is 3.97. The fourth-order valence-corrected chi connectivity index (χ4v) is 2.35. The largest absolute Gasteiger partial charge is 0.295 e. The Morgan fingerprint density at radius 2 is 2.00 bits per heavy atom. The maximum Gasteiger partial charge on any atom is 0.140 e. The van der Waals surface area contributed by atoms with Gasteiger partial charge in [-0.2, -0.15) is 10.2 Å². The first-order valence-corrected chi connectivity index (χ1v) is 6.93. The Morgan fingerprint density at radius 1 is 1.23 bits per heavy atom. The van der Waals surface area contributed by atoms with Crippen molar-refractivity contribution in [3.63, 3.8) is 0 Å². The van der Waals surface area contributed by atoms with Gasteiger partial charge >= 0.3 is 0 Å². The normalized spacial score (nSPS) is 11.3. The maximum absolute atomic E-state index is 13.0. The van der Waals surface area contributed by atoms with E-state index in [4.69, 9.17) is 0 Å². The van der Waals surface area contributed by atoms with Gasteiger partial charge in [0.15, 0.2) is 0 Å². The zero-order chi connectivity index (χ0) is 15.5. The average molecular weight is 300 g/mol. The van der Waals surface area contributed by atoms with Gasteiger partial charge in [-0.15, -0.1) is 0 Å². The average Bonchev–Trinajstić information content (AvgIpc) is 3.10. The van der Waals surface area contributed by atoms with Gasteiger partial charge in [-0.05, 0) is 31.3 Å². The van der Waals surface area contributed by atoms with Crippen molar-refractivity contribution < 1.29 is 4.39 Å². The molecule has 0 fully saturated rings. The highest BCUT2D eigenvalue weighted by atomic mass is 19.1. The number of H-pyrrole nitrogens is 1. The summed E-state index contributed by atoms with van der Waals surface area (Å²) in [6.45, 7) is 1.39. The molecule has 114 valence electrons. The fraction of sp³-hybridized carbons (Fsp3) is 0.267. The minimum absolute atomic E-state index is 0.246. The van der Waals surface area contributed by atoms with Gasteiger partial charge in [-0.3, -0.25) is 14.7 Å². The molecule has 0 saturated carbocycles. The molecule has 3 rings (SSSR count). The van der Waals surface area contributed by atoms with Crippen molar-refractivity contribution in [2.24, 2.45) is 7.05 Å². The van der Waals surface area contributed by atoms with E-state index in [1.165, 1.54) is 12.1 Å². The van der Waals surface area contributed by atoms with Gasteiger partial charge in [0.05, 0.1) is 18.4 Å². The van der Waals surface area contributed by atoms with Crippen molar-refractivity contribution in [2.75, 3.05) is 7.05 Å². The highest BCUT2D eigenvalue weighted by Gasteiger charge is 2.12. The topological polar surface area (TPSA) is 62.6 Å². The molecular formula is C15H17FN6. The highest BCUT2D eigenvalue weighted by molar-refractivity contribution is 5.62. The first-order chi connectivity index (χ1) is 10.6. The molecule has 6 nitrogen and oxygen atoms in total. The molecule has 2 aromatic heterocycles. The van der Waals surface area contributed by atoms with E-state index in [1.54, 1.807) is 29.3 Å². The monoisotopic (exact) mass is 300 g/mol. The van der Waals surface area contributed by atoms with Crippen molar-refractivity contribution in [3.05, 3.63) is 54.0 Å². The predicted octanol–water partition coefficient (Wildman–Crippen LogP) is 1.98. The van der Waals surface area contributed by atoms with Crippen molar-refractivity contribution in [1.82, 2.24) is 29.9 Å². The van der Waals surface area contributed by atoms with E-state index >= 15 is 0 Å². The number of benzene rings is 1. The van der Waals surface area contributed by atoms with Gasteiger partial charge in [0.25, 0.3) is 0 Å². The SMILES string of the molecule is CN(Cc1cn[nH]c1-c1ccc(F)cc1)Cc1ncnn1C. The van der Waals surface area contributed by atoms with E-state index in [9.17, 15) is 4.39 Å². The van der Waals surface area contributed by atoms with Crippen LogP contribution in [-0.4, -0.2) is 36.9 Å². The zero-order valence-corrected chi connectivity index (χ0v) is 12.5. The lowest BCUT2D eigenvalue weighted by Crippen LogP contribution is -2.20. The van der Waals surface area contributed by atoms with Crippen LogP contribution in [-0.2, 0) is 20.1 Å². The molecule has 22 heavy (non-hydrogen) atoms. The van der Waals surface area contributed by atoms with E-state index in [-0.39, 0.29) is 5.82 Å². The molecule has 1 aromatic carbocycles. The van der Waals surface area contributed by atoms with Gasteiger partial charge in [0, 0.05) is 24.7 Å². The van der Waals surface area contributed by atoms with Gasteiger partial charge in [0.1, 0.15) is 18.0 Å². The number of hydrogen-bond acceptors (Lipinski definition) is 4. The van der Waals surface area contributed by atoms with Gasteiger partial charge in [-0.25, -0.2) is 9.37 Å². The van der Waals surface area contributed by atoms with Crippen molar-refractivity contribution in [1.29, 1.82) is 0 Å². The second kappa shape index (κ2) is 6.07. The van der Waals surface area contributed by atoms with Crippen LogP contribution in [0.2, 0.25) is 0 Å². The third kappa shape index (κ3) is 3.04. The molecule has 0 amide bonds. The van der Waals surface area contributed by atoms with Crippen LogP contribution in [0.25, 0.3) is 11.3 Å². The quantitative estimate of drug-likeness (QED) is 0.782. The van der Waals surface area contributed by atoms with Gasteiger partial charge < -0.3 is 0 Å². The Hall–Kier alpha value is -2.54. The van der Waals surface area contributed by atoms with Crippen LogP contribution in [0, 0.1) is 5.82 Å². The first kappa shape index (κ1) is 14.4. The van der Waals surface area contributed by atoms with Crippen LogP contribution < -0.4 is 0 Å². The summed E-state index contributed by atoms with van der Waals surface area (Å²) in [7, 11) is 3.88. The number of rotatable bonds is 5. The Balaban J connectivity index is 1.75. The standard InChI is InChI=1S/C15H17FN6/c1-21(9-14-17-10-19-22(14)2)8-12-7-18-20-15(12)11-3-5-13(16)6-4-11/h3-7,10H,8-9H2,1-2H3,(H,18,20). The van der Waals surface area contributed by atoms with Crippen LogP contribution in [0.4, 0.5) is 4.39 Å². The lowest BCUT2D eigenvalue weighted by molar-refractivity contribution is 0.305. The second-order valence-electron chi connectivity index (χ2n) is 5.25. The van der Waals surface area contributed by atoms with E-state index in [2.05, 4.69) is 25.2 Å². The summed E-state index contributed by atoms with van der Waals surface area (Å²) in [6, 6.07) is 6.39. The summed E-state index contributed by atoms with van der Waals surface area (Å²) in [6.07, 6.45) is 3.34. The minimum atomic E-state index is -0.246. The number of halogens is 1. The number of hydrogen-bond donors (Lipinski definition) is 1. The third-order valence-electron chi connectivity index (χ3n) is 3.51. The molecule has 0 atom stereocenters. The van der Waals surface area contributed by atoms with E-state index in [0.29, 0.717) is 13.1 Å². The van der Waals surface area contributed by atoms with Crippen molar-refractivity contribution in [3.8, 4) is 11.3 Å². The first-order valence-electron chi connectivity index (χ1n) is 6.93. The molecule has 0 unspecified atom stereocenters. The fourth-order valence-electron chi connectivity index (χ4n) is 2.35. The van der Waals surface area contributed by atoms with Crippen LogP contribution in [0.3, 0.4) is 0 Å². The zero-order valence-electron chi connectivity index (χ0n) is 12.5. The molecule has 0 aliphatic carbocycles. The molecule has 0 aliphatic rings. The smallest absolute Gasteiger partial charge is 0.140 e. The summed E-state index contributed by atoms with van der Waals surface area (Å²) < 4.78 is 14.8. The van der Waals surface area contributed by atoms with Gasteiger partial charge in [-0.1, -0.05) is 0 Å². The molecular weight excluding hydrogens is 283 g/mol. The number of aryl methyl sites for hydroxylation is 1. The number of aromatic nitrogens is 5. The lowest BCUT2D eigenvalue weighted by atomic mass is 10.1. The number of aromatic amines is 1. The summed E-state index contributed by atoms with van der Waals surface area (Å²) in [5.74, 6) is 0.651. The molecule has 2 heterocycles. The van der Waals surface area contributed by atoms with Crippen LogP contribution >= 0.6 is 0 Å². The predicted molar refractivity (Wildman–Crippen MR) is 80.2 cm³/mol. The molecule has 0 bridgehead atoms. The van der Waals surface area contributed by atoms with Crippen molar-refractivity contribution in [2.45, 2.75) is 13.1 Å². The van der Waals surface area contributed by atoms with Crippen LogP contribution in [0.1, 0.15) is 11.4 Å². The minimum Gasteiger partial charge on any atom is -0.295 e. The molecule has 0 radical (unpaired) electrons. The van der Waals surface area contributed by atoms with Crippen LogP contribution in [0.5, 0.6) is 0 Å². The molecule has 0 saturated heterocycles. The molecule has 7 heteroatoms. The second-order valence-corrected chi connectivity index (χ2v) is 5.25. The summed E-state index contributed by atoms with van der Waals surface area (Å²) >= 11 is 0. The Morgan fingerprint density at radius 3 is 2.68 bits per heavy atom. The molecule has 1 N–H and O–H groups in total. The highest BCUT2D eigenvalue weighted by Crippen LogP contribution is 2.22. The summed E-state index contributed by atoms with van der Waals surface area (Å²) in [4.78, 5) is 6.35. The van der Waals surface area contributed by atoms with Gasteiger partial charge in [0.2, 0.25) is 0 Å². The van der Waals surface area contributed by atoms with E-state index in [1.807, 2.05) is 14.1 Å². The summed E-state index contributed by atoms with van der Waals surface area (Å²) in [5, 5.41) is 11.2. The summed E-state index contributed by atoms with van der Waals surface area (Å²) in [5.41, 5.74) is 2.88. The number of nitrogens with zero attached hydrogens (tertiary/aromatic N) is 5. The molecule has 0 aliphatic heterocycles. The number of nitrogens with one attached hydrogen (secondary N) is 1. The van der Waals surface area contributed by atoms with E-state index in [0.717, 1.165) is 22.6 Å². The maximum atomic E-state index is 13.0. The van der Waals surface area contributed by atoms with Crippen LogP contribution in [0.15, 0.2) is 36.8 Å². The van der Waals surface area contributed by atoms with Crippen molar-refractivity contribution >= 4 is 0 Å². The Bertz CT molecular complexity index is 745. The van der Waals surface area contributed by atoms with E-state index < -0.39 is 0 Å².